The predicted molar refractivity (Wildman–Crippen MR) is 384 cm³/mol. The number of hydrogen-bond acceptors (Lipinski definition) is 19. The van der Waals surface area contributed by atoms with Crippen LogP contribution < -0.4 is 45.2 Å². The number of anilines is 2. The van der Waals surface area contributed by atoms with E-state index in [2.05, 4.69) is 20.7 Å². The second-order valence-corrected chi connectivity index (χ2v) is 28.6. The Morgan fingerprint density at radius 1 is 0.689 bits per heavy atom. The first kappa shape index (κ1) is 72.5. The van der Waals surface area contributed by atoms with Crippen molar-refractivity contribution in [1.82, 2.24) is 20.4 Å². The van der Waals surface area contributed by atoms with Gasteiger partial charge >= 0.3 is 6.09 Å². The maximum absolute atomic E-state index is 14.5. The molecule has 5 atom stereocenters. The largest absolute Gasteiger partial charge is 0.493 e. The second-order valence-electron chi connectivity index (χ2n) is 28.6. The zero-order chi connectivity index (χ0) is 72.9. The fourth-order valence-electron chi connectivity index (χ4n) is 14.8. The van der Waals surface area contributed by atoms with Crippen LogP contribution in [0.25, 0.3) is 0 Å². The smallest absolute Gasteiger partial charge is 0.416 e. The number of aliphatic hydroxyl groups is 1. The van der Waals surface area contributed by atoms with Crippen LogP contribution in [0.1, 0.15) is 159 Å². The van der Waals surface area contributed by atoms with E-state index in [1.165, 1.54) is 13.2 Å². The van der Waals surface area contributed by atoms with Crippen molar-refractivity contribution in [2.24, 2.45) is 43.6 Å². The van der Waals surface area contributed by atoms with Gasteiger partial charge in [0.15, 0.2) is 40.8 Å². The summed E-state index contributed by atoms with van der Waals surface area (Å²) in [5.41, 5.74) is 6.39. The van der Waals surface area contributed by atoms with Gasteiger partial charge in [-0.1, -0.05) is 80.6 Å². The Labute approximate surface area is 598 Å². The number of carbonyl (C=O) groups excluding carboxylic acids is 9. The minimum absolute atomic E-state index is 0.0143. The van der Waals surface area contributed by atoms with Gasteiger partial charge in [-0.05, 0) is 116 Å². The first-order valence-corrected chi connectivity index (χ1v) is 35.6. The number of Topliss-reactive ketones (excluding diaryl/α,β-unsaturated/α-hetero) is 3. The summed E-state index contributed by atoms with van der Waals surface area (Å²) in [5, 5.41) is 21.6. The third kappa shape index (κ3) is 16.0. The van der Waals surface area contributed by atoms with E-state index in [4.69, 9.17) is 34.5 Å². The molecule has 2 spiro atoms. The Hall–Kier alpha value is -10.3. The maximum atomic E-state index is 14.5. The van der Waals surface area contributed by atoms with Crippen LogP contribution in [0.4, 0.5) is 21.9 Å². The lowest BCUT2D eigenvalue weighted by atomic mass is 9.89. The van der Waals surface area contributed by atoms with Gasteiger partial charge in [0.05, 0.1) is 92.5 Å². The second kappa shape index (κ2) is 31.1. The van der Waals surface area contributed by atoms with E-state index in [-0.39, 0.29) is 140 Å². The van der Waals surface area contributed by atoms with Gasteiger partial charge < -0.3 is 60.0 Å². The van der Waals surface area contributed by atoms with Crippen LogP contribution in [0.2, 0.25) is 0 Å². The number of rotatable bonds is 28. The molecule has 0 bridgehead atoms. The molecule has 2 saturated heterocycles. The Morgan fingerprint density at radius 3 is 2.00 bits per heavy atom. The zero-order valence-electron chi connectivity index (χ0n) is 59.2. The molecule has 0 radical (unpaired) electrons. The first-order valence-electron chi connectivity index (χ1n) is 35.6. The third-order valence-electron chi connectivity index (χ3n) is 21.2. The molecule has 0 unspecified atom stereocenters. The maximum Gasteiger partial charge on any atom is 0.416 e. The number of ether oxygens (including phenoxy) is 5. The van der Waals surface area contributed by atoms with Crippen molar-refractivity contribution in [1.29, 1.82) is 0 Å². The van der Waals surface area contributed by atoms with Crippen molar-refractivity contribution in [2.45, 2.75) is 155 Å². The number of hydrogen-bond donors (Lipinski definition) is 4. The van der Waals surface area contributed by atoms with Crippen molar-refractivity contribution in [3.05, 3.63) is 136 Å². The molecule has 12 rings (SSSR count). The number of fused-ring (bicyclic) bond motifs is 6. The molecular weight excluding hydrogens is 1320 g/mol. The molecule has 5 aliphatic heterocycles. The van der Waals surface area contributed by atoms with Crippen LogP contribution in [0, 0.1) is 22.7 Å². The van der Waals surface area contributed by atoms with E-state index < -0.39 is 47.9 Å². The SMILES string of the molecule is CN=C1C(=NN)c2ccccc2CN(C(=O)CCC(=O)CCC(=O)NCC(=O)C[C@H](C(=O)N[C@@H](C)C(=O)Cc2ccc(COC(=O)N3c4cc(OCCCCCOc5cc6c(cc5OC)C(=O)N5CC7(CC7)C[C@H]5C=N6)c(OC)cc4C(=O)N4CC5(CC5)C[C@H]4[C@@H]3O)cc2)C(C)C)c2ccccc21. The highest BCUT2D eigenvalue weighted by atomic mass is 16.6. The Balaban J connectivity index is 0.590. The number of nitrogens with one attached hydrogen (secondary N) is 2. The summed E-state index contributed by atoms with van der Waals surface area (Å²) in [6.07, 6.45) is 6.21. The fourth-order valence-corrected chi connectivity index (χ4v) is 14.8. The standard InChI is InChI=1S/C78H90N10O15/c1-46(2)56(33-53(90)41-82-68(92)24-22-52(89)23-25-69(93)85-42-50-14-8-9-15-54(50)71(84-79)70(80-4)55-16-10-11-17-60(55)85)72(94)83-47(3)63(91)32-48-18-20-49(21-19-48)43-103-76(98)88-61-37-67(65(100-6)35-58(61)74(96)87-45-78(28-29-78)39-62(87)75(88)97)102-31-13-7-12-30-101-66-36-59-57(34-64(66)99-5)73(95)86-44-77(26-27-77)38-51(86)40-81-59/h8-11,14-21,34-37,40,46-47,51,56,62,75,97H,7,12-13,22-33,38-39,41-45,79H2,1-6H3,(H,82,92)(H,83,94)/t47-,51-,56-,62-,75-/m0/s1. The molecule has 103 heavy (non-hydrogen) atoms. The van der Waals surface area contributed by atoms with Gasteiger partial charge in [0.1, 0.15) is 18.1 Å². The summed E-state index contributed by atoms with van der Waals surface area (Å²) in [6, 6.07) is 26.5. The Kier molecular flexibility index (Phi) is 21.9. The van der Waals surface area contributed by atoms with E-state index in [9.17, 15) is 48.3 Å². The monoisotopic (exact) mass is 1410 g/mol. The van der Waals surface area contributed by atoms with Crippen LogP contribution in [-0.2, 0) is 53.1 Å². The zero-order valence-corrected chi connectivity index (χ0v) is 59.2. The van der Waals surface area contributed by atoms with E-state index >= 15 is 0 Å². The minimum Gasteiger partial charge on any atom is -0.493 e. The molecule has 0 aromatic heterocycles. The van der Waals surface area contributed by atoms with Crippen LogP contribution >= 0.6 is 0 Å². The van der Waals surface area contributed by atoms with E-state index in [1.54, 1.807) is 93.3 Å². The lowest BCUT2D eigenvalue weighted by Crippen LogP contribution is -2.50. The van der Waals surface area contributed by atoms with E-state index in [0.29, 0.717) is 95.4 Å². The van der Waals surface area contributed by atoms with Crippen molar-refractivity contribution < 1.29 is 71.9 Å². The molecule has 4 fully saturated rings. The van der Waals surface area contributed by atoms with Crippen LogP contribution in [-0.4, -0.2) is 164 Å². The Bertz CT molecular complexity index is 4240. The fraction of sp³-hybridized carbons (Fsp3) is 0.462. The van der Waals surface area contributed by atoms with Crippen LogP contribution in [0.15, 0.2) is 112 Å². The van der Waals surface area contributed by atoms with Gasteiger partial charge in [-0.25, -0.2) is 9.69 Å². The number of aliphatic imine (C=N–C) groups is 2. The lowest BCUT2D eigenvalue weighted by Gasteiger charge is -2.31. The van der Waals surface area contributed by atoms with Crippen molar-refractivity contribution in [3.63, 3.8) is 0 Å². The van der Waals surface area contributed by atoms with Gasteiger partial charge in [-0.3, -0.25) is 48.3 Å². The molecule has 7 aliphatic rings. The first-order chi connectivity index (χ1) is 49.6. The number of hydrazone groups is 1. The summed E-state index contributed by atoms with van der Waals surface area (Å²) in [7, 11) is 4.64. The predicted octanol–water partition coefficient (Wildman–Crippen LogP) is 8.93. The molecule has 25 heteroatoms. The minimum atomic E-state index is -1.46. The van der Waals surface area contributed by atoms with E-state index in [1.807, 2.05) is 53.6 Å². The van der Waals surface area contributed by atoms with Crippen LogP contribution in [0.3, 0.4) is 0 Å². The number of ketones is 3. The summed E-state index contributed by atoms with van der Waals surface area (Å²) in [4.78, 5) is 139. The number of unbranched alkanes of at least 4 members (excludes halogenated alkanes) is 2. The highest BCUT2D eigenvalue weighted by Crippen LogP contribution is 2.58. The molecule has 2 aliphatic carbocycles. The highest BCUT2D eigenvalue weighted by Gasteiger charge is 2.58. The number of aliphatic hydroxyl groups excluding tert-OH is 1. The third-order valence-corrected chi connectivity index (χ3v) is 21.2. The van der Waals surface area contributed by atoms with Crippen molar-refractivity contribution in [3.8, 4) is 23.0 Å². The number of amides is 6. The summed E-state index contributed by atoms with van der Waals surface area (Å²) >= 11 is 0. The topological polar surface area (TPSA) is 320 Å². The number of para-hydroxylation sites is 1. The lowest BCUT2D eigenvalue weighted by molar-refractivity contribution is -0.133. The van der Waals surface area contributed by atoms with Gasteiger partial charge in [0.25, 0.3) is 11.8 Å². The molecule has 5 aromatic carbocycles. The van der Waals surface area contributed by atoms with Gasteiger partial charge in [0, 0.05) is 94.1 Å². The Morgan fingerprint density at radius 2 is 1.32 bits per heavy atom. The van der Waals surface area contributed by atoms with Crippen LogP contribution in [0.5, 0.6) is 23.0 Å². The molecule has 542 valence electrons. The van der Waals surface area contributed by atoms with Gasteiger partial charge in [0.2, 0.25) is 17.7 Å². The quantitative estimate of drug-likeness (QED) is 0.0206. The van der Waals surface area contributed by atoms with Gasteiger partial charge in [-0.15, -0.1) is 0 Å². The molecule has 5 N–H and O–H groups in total. The summed E-state index contributed by atoms with van der Waals surface area (Å²) in [6.45, 7) is 6.52. The molecule has 6 amide bonds. The molecule has 25 nitrogen and oxygen atoms in total. The van der Waals surface area contributed by atoms with Crippen molar-refractivity contribution >= 4 is 87.7 Å². The number of carbonyl (C=O) groups is 9. The number of nitrogens with zero attached hydrogens (tertiary/aromatic N) is 7. The number of nitrogens with two attached hydrogens (primary N) is 1. The highest BCUT2D eigenvalue weighted by molar-refractivity contribution is 6.55. The average molecular weight is 1410 g/mol. The number of methoxy groups -OCH3 is 2. The normalized spacial score (nSPS) is 19.9. The van der Waals surface area contributed by atoms with Crippen molar-refractivity contribution in [2.75, 3.05) is 63.9 Å². The molecule has 5 aromatic rings. The molecule has 5 heterocycles. The summed E-state index contributed by atoms with van der Waals surface area (Å²) < 4.78 is 29.8. The summed E-state index contributed by atoms with van der Waals surface area (Å²) in [5.74, 6) is 3.48. The van der Waals surface area contributed by atoms with Gasteiger partial charge in [-0.2, -0.15) is 5.10 Å². The van der Waals surface area contributed by atoms with E-state index in [0.717, 1.165) is 54.7 Å². The average Bonchev–Trinajstić information content (AvgIpc) is 1.58. The number of benzene rings is 5. The molecular formula is C78H90N10O15. The molecule has 2 saturated carbocycles.